The van der Waals surface area contributed by atoms with Crippen LogP contribution in [-0.4, -0.2) is 55.9 Å². The number of hydrogen-bond donors (Lipinski definition) is 5. The molecule has 0 saturated heterocycles. The van der Waals surface area contributed by atoms with E-state index in [4.69, 9.17) is 0 Å². The van der Waals surface area contributed by atoms with E-state index in [0.29, 0.717) is 24.2 Å². The summed E-state index contributed by atoms with van der Waals surface area (Å²) < 4.78 is 0. The van der Waals surface area contributed by atoms with E-state index in [-0.39, 0.29) is 40.8 Å². The Morgan fingerprint density at radius 3 is 2.33 bits per heavy atom. The maximum Gasteiger partial charge on any atom is 0.308 e. The zero-order chi connectivity index (χ0) is 24.3. The molecule has 13 atom stereocenters. The van der Waals surface area contributed by atoms with E-state index in [9.17, 15) is 30.3 Å². The van der Waals surface area contributed by atoms with Crippen molar-refractivity contribution in [1.82, 2.24) is 0 Å². The van der Waals surface area contributed by atoms with Crippen LogP contribution in [0.2, 0.25) is 0 Å². The van der Waals surface area contributed by atoms with Gasteiger partial charge in [-0.25, -0.2) is 0 Å². The molecule has 4 aliphatic carbocycles. The van der Waals surface area contributed by atoms with Gasteiger partial charge in [0.05, 0.1) is 30.3 Å². The fourth-order valence-electron chi connectivity index (χ4n) is 9.18. The van der Waals surface area contributed by atoms with Crippen molar-refractivity contribution in [2.75, 3.05) is 0 Å². The predicted octanol–water partition coefficient (Wildman–Crippen LogP) is 3.45. The topological polar surface area (TPSA) is 118 Å². The Kier molecular flexibility index (Phi) is 6.98. The zero-order valence-corrected chi connectivity index (χ0v) is 20.9. The van der Waals surface area contributed by atoms with Crippen LogP contribution in [0.15, 0.2) is 0 Å². The van der Waals surface area contributed by atoms with Gasteiger partial charge in [-0.2, -0.15) is 0 Å². The minimum atomic E-state index is -0.967. The van der Waals surface area contributed by atoms with Crippen LogP contribution in [0.3, 0.4) is 0 Å². The third-order valence-electron chi connectivity index (χ3n) is 11.4. The molecule has 33 heavy (non-hydrogen) atoms. The van der Waals surface area contributed by atoms with E-state index in [2.05, 4.69) is 20.8 Å². The number of hydrogen-bond acceptors (Lipinski definition) is 5. The van der Waals surface area contributed by atoms with Crippen molar-refractivity contribution in [3.8, 4) is 0 Å². The summed E-state index contributed by atoms with van der Waals surface area (Å²) in [4.78, 5) is 11.2. The van der Waals surface area contributed by atoms with E-state index in [1.165, 1.54) is 0 Å². The minimum absolute atomic E-state index is 0.0756. The molecule has 6 nitrogen and oxygen atoms in total. The SMILES string of the molecule is CC(C(=O)O)C(O)CC[C@@H](C)[C@H]1CC[C@H]2[C@@H]3[C@H](O)C[C@@H]4C[C@H](O)CC[C@]4(C)[C@H]3C[C@H](O)[C@]12C. The first-order chi connectivity index (χ1) is 15.4. The van der Waals surface area contributed by atoms with Crippen LogP contribution >= 0.6 is 0 Å². The van der Waals surface area contributed by atoms with Crippen LogP contribution < -0.4 is 0 Å². The molecule has 4 rings (SSSR count). The van der Waals surface area contributed by atoms with Crippen LogP contribution in [-0.2, 0) is 4.79 Å². The molecule has 0 heterocycles. The first-order valence-electron chi connectivity index (χ1n) is 13.4. The van der Waals surface area contributed by atoms with Gasteiger partial charge in [-0.3, -0.25) is 4.79 Å². The number of fused-ring (bicyclic) bond motifs is 5. The lowest BCUT2D eigenvalue weighted by atomic mass is 9.43. The number of carboxylic acid groups (broad SMARTS) is 1. The summed E-state index contributed by atoms with van der Waals surface area (Å²) in [5.41, 5.74) is -0.186. The van der Waals surface area contributed by atoms with Gasteiger partial charge in [-0.15, -0.1) is 0 Å². The Morgan fingerprint density at radius 1 is 0.970 bits per heavy atom. The molecule has 0 radical (unpaired) electrons. The van der Waals surface area contributed by atoms with Crippen molar-refractivity contribution in [3.05, 3.63) is 0 Å². The smallest absolute Gasteiger partial charge is 0.308 e. The molecular formula is C27H46O6. The monoisotopic (exact) mass is 466 g/mol. The van der Waals surface area contributed by atoms with Gasteiger partial charge in [-0.1, -0.05) is 20.8 Å². The highest BCUT2D eigenvalue weighted by Gasteiger charge is 2.65. The summed E-state index contributed by atoms with van der Waals surface area (Å²) in [6, 6.07) is 0. The molecule has 2 unspecified atom stereocenters. The van der Waals surface area contributed by atoms with Crippen molar-refractivity contribution in [2.45, 2.75) is 110 Å². The van der Waals surface area contributed by atoms with Gasteiger partial charge in [0.15, 0.2) is 0 Å². The molecule has 6 heteroatoms. The summed E-state index contributed by atoms with van der Waals surface area (Å²) >= 11 is 0. The summed E-state index contributed by atoms with van der Waals surface area (Å²) in [5, 5.41) is 52.7. The third-order valence-corrected chi connectivity index (χ3v) is 11.4. The number of carbonyl (C=O) groups is 1. The summed E-state index contributed by atoms with van der Waals surface area (Å²) in [7, 11) is 0. The highest BCUT2D eigenvalue weighted by molar-refractivity contribution is 5.70. The lowest BCUT2D eigenvalue weighted by molar-refractivity contribution is -0.207. The average Bonchev–Trinajstić information content (AvgIpc) is 3.11. The van der Waals surface area contributed by atoms with Crippen LogP contribution in [0.5, 0.6) is 0 Å². The molecule has 4 aliphatic rings. The van der Waals surface area contributed by atoms with E-state index in [1.54, 1.807) is 6.92 Å². The maximum atomic E-state index is 11.6. The maximum absolute atomic E-state index is 11.6. The Hall–Kier alpha value is -0.690. The van der Waals surface area contributed by atoms with Gasteiger partial charge in [0.2, 0.25) is 0 Å². The molecule has 0 aromatic heterocycles. The van der Waals surface area contributed by atoms with Gasteiger partial charge in [0.25, 0.3) is 0 Å². The second-order valence-electron chi connectivity index (χ2n) is 12.8. The van der Waals surface area contributed by atoms with Crippen molar-refractivity contribution < 1.29 is 30.3 Å². The van der Waals surface area contributed by atoms with E-state index >= 15 is 0 Å². The Bertz CT molecular complexity index is 727. The molecule has 4 saturated carbocycles. The number of aliphatic hydroxyl groups excluding tert-OH is 4. The second-order valence-corrected chi connectivity index (χ2v) is 12.8. The number of rotatable bonds is 6. The van der Waals surface area contributed by atoms with Crippen molar-refractivity contribution >= 4 is 5.97 Å². The molecular weight excluding hydrogens is 420 g/mol. The van der Waals surface area contributed by atoms with Crippen LogP contribution in [0.25, 0.3) is 0 Å². The predicted molar refractivity (Wildman–Crippen MR) is 125 cm³/mol. The molecule has 190 valence electrons. The van der Waals surface area contributed by atoms with E-state index in [1.807, 2.05) is 0 Å². The zero-order valence-electron chi connectivity index (χ0n) is 20.9. The molecule has 0 aromatic carbocycles. The second kappa shape index (κ2) is 9.07. The summed E-state index contributed by atoms with van der Waals surface area (Å²) in [6.07, 6.45) is 5.36. The lowest BCUT2D eigenvalue weighted by Crippen LogP contribution is -2.62. The highest BCUT2D eigenvalue weighted by Crippen LogP contribution is 2.68. The minimum Gasteiger partial charge on any atom is -0.481 e. The summed E-state index contributed by atoms with van der Waals surface area (Å²) in [5.74, 6) is -0.0734. The number of aliphatic carboxylic acids is 1. The normalized spacial score (nSPS) is 49.9. The van der Waals surface area contributed by atoms with Gasteiger partial charge in [0, 0.05) is 0 Å². The van der Waals surface area contributed by atoms with Crippen LogP contribution in [0.4, 0.5) is 0 Å². The molecule has 4 fully saturated rings. The van der Waals surface area contributed by atoms with E-state index in [0.717, 1.165) is 51.4 Å². The van der Waals surface area contributed by atoms with Crippen LogP contribution in [0, 0.1) is 52.3 Å². The standard InChI is InChI=1S/C27H46O6/c1-14(5-8-21(29)15(2)25(32)33)18-6-7-19-24-20(13-23(31)27(18,19)4)26(3)10-9-17(28)11-16(26)12-22(24)30/h14-24,28-31H,5-13H2,1-4H3,(H,32,33)/t14-,15?,16+,17-,18-,19+,20+,21?,22-,23+,24+,26+,27-/m1/s1. The van der Waals surface area contributed by atoms with Crippen LogP contribution in [0.1, 0.15) is 85.5 Å². The average molecular weight is 467 g/mol. The lowest BCUT2D eigenvalue weighted by Gasteiger charge is -2.63. The highest BCUT2D eigenvalue weighted by atomic mass is 16.4. The number of carboxylic acids is 1. The fourth-order valence-corrected chi connectivity index (χ4v) is 9.18. The summed E-state index contributed by atoms with van der Waals surface area (Å²) in [6.45, 7) is 8.32. The molecule has 0 aliphatic heterocycles. The van der Waals surface area contributed by atoms with Gasteiger partial charge in [-0.05, 0) is 111 Å². The van der Waals surface area contributed by atoms with Gasteiger partial charge < -0.3 is 25.5 Å². The van der Waals surface area contributed by atoms with Crippen molar-refractivity contribution in [1.29, 1.82) is 0 Å². The van der Waals surface area contributed by atoms with Gasteiger partial charge >= 0.3 is 5.97 Å². The Morgan fingerprint density at radius 2 is 1.67 bits per heavy atom. The Balaban J connectivity index is 1.52. The molecule has 0 aromatic rings. The first kappa shape index (κ1) is 25.4. The molecule has 0 bridgehead atoms. The Labute approximate surface area is 198 Å². The number of aliphatic hydroxyl groups is 4. The quantitative estimate of drug-likeness (QED) is 0.409. The van der Waals surface area contributed by atoms with Crippen molar-refractivity contribution in [3.63, 3.8) is 0 Å². The third kappa shape index (κ3) is 4.07. The van der Waals surface area contributed by atoms with Gasteiger partial charge in [0.1, 0.15) is 0 Å². The molecule has 5 N–H and O–H groups in total. The largest absolute Gasteiger partial charge is 0.481 e. The van der Waals surface area contributed by atoms with E-state index < -0.39 is 24.1 Å². The fraction of sp³-hybridized carbons (Fsp3) is 0.963. The first-order valence-corrected chi connectivity index (χ1v) is 13.4. The molecule has 0 amide bonds. The molecule has 0 spiro atoms. The van der Waals surface area contributed by atoms with Crippen molar-refractivity contribution in [2.24, 2.45) is 52.3 Å².